The highest BCUT2D eigenvalue weighted by Crippen LogP contribution is 2.51. The fourth-order valence-corrected chi connectivity index (χ4v) is 7.53. The topological polar surface area (TPSA) is 35.9 Å². The second-order valence-electron chi connectivity index (χ2n) is 8.87. The van der Waals surface area contributed by atoms with Gasteiger partial charge in [0.2, 0.25) is 0 Å². The van der Waals surface area contributed by atoms with Gasteiger partial charge in [-0.1, -0.05) is 79.0 Å². The Labute approximate surface area is 213 Å². The van der Waals surface area contributed by atoms with Crippen molar-refractivity contribution in [2.75, 3.05) is 11.9 Å². The summed E-state index contributed by atoms with van der Waals surface area (Å²) in [5.41, 5.74) is 1.94. The third-order valence-corrected chi connectivity index (χ3v) is 9.37. The van der Waals surface area contributed by atoms with Crippen LogP contribution in [-0.4, -0.2) is 29.1 Å². The molecule has 2 heterocycles. The molecule has 1 saturated heterocycles. The monoisotopic (exact) mass is 505 g/mol. The number of anilines is 1. The van der Waals surface area contributed by atoms with Crippen molar-refractivity contribution < 1.29 is 4.79 Å². The van der Waals surface area contributed by atoms with Crippen LogP contribution in [0.25, 0.3) is 10.8 Å². The average molecular weight is 506 g/mol. The van der Waals surface area contributed by atoms with Gasteiger partial charge in [0.15, 0.2) is 5.17 Å². The molecule has 6 rings (SSSR count). The Hall–Kier alpha value is -2.41. The van der Waals surface area contributed by atoms with Crippen LogP contribution >= 0.6 is 35.1 Å². The molecule has 3 aliphatic rings. The van der Waals surface area contributed by atoms with Gasteiger partial charge in [0.1, 0.15) is 4.91 Å². The lowest BCUT2D eigenvalue weighted by atomic mass is 9.94. The molecule has 0 bridgehead atoms. The SMILES string of the molecule is CN1C(=C2SC(=Nc3cccc4ccccc34)N(C3CCCCC3)C2=O)Sc2ccc(Cl)cc21. The highest BCUT2D eigenvalue weighted by molar-refractivity contribution is 8.19. The molecule has 0 radical (unpaired) electrons. The van der Waals surface area contributed by atoms with Gasteiger partial charge in [0, 0.05) is 28.4 Å². The first kappa shape index (κ1) is 22.1. The Bertz CT molecular complexity index is 1360. The fourth-order valence-electron chi connectivity index (χ4n) is 4.98. The van der Waals surface area contributed by atoms with E-state index in [2.05, 4.69) is 23.1 Å². The van der Waals surface area contributed by atoms with Crippen molar-refractivity contribution in [3.8, 4) is 0 Å². The number of amides is 1. The molecule has 34 heavy (non-hydrogen) atoms. The van der Waals surface area contributed by atoms with Crippen LogP contribution in [0.3, 0.4) is 0 Å². The fraction of sp³-hybridized carbons (Fsp3) is 0.259. The maximum Gasteiger partial charge on any atom is 0.269 e. The van der Waals surface area contributed by atoms with Crippen molar-refractivity contribution in [2.24, 2.45) is 4.99 Å². The molecule has 0 atom stereocenters. The highest BCUT2D eigenvalue weighted by atomic mass is 35.5. The minimum atomic E-state index is 0.0733. The van der Waals surface area contributed by atoms with E-state index in [1.54, 1.807) is 11.8 Å². The van der Waals surface area contributed by atoms with E-state index in [0.717, 1.165) is 67.8 Å². The first-order chi connectivity index (χ1) is 16.6. The van der Waals surface area contributed by atoms with Crippen LogP contribution in [0.4, 0.5) is 11.4 Å². The Balaban J connectivity index is 1.45. The number of halogens is 1. The average Bonchev–Trinajstić information content (AvgIpc) is 3.35. The quantitative estimate of drug-likeness (QED) is 0.333. The first-order valence-corrected chi connectivity index (χ1v) is 13.6. The van der Waals surface area contributed by atoms with E-state index >= 15 is 0 Å². The summed E-state index contributed by atoms with van der Waals surface area (Å²) >= 11 is 9.41. The summed E-state index contributed by atoms with van der Waals surface area (Å²) in [7, 11) is 2.01. The van der Waals surface area contributed by atoms with E-state index in [0.29, 0.717) is 5.02 Å². The van der Waals surface area contributed by atoms with Crippen LogP contribution in [0, 0.1) is 0 Å². The van der Waals surface area contributed by atoms with E-state index < -0.39 is 0 Å². The van der Waals surface area contributed by atoms with Gasteiger partial charge in [-0.2, -0.15) is 0 Å². The van der Waals surface area contributed by atoms with Crippen LogP contribution < -0.4 is 4.90 Å². The molecule has 2 aliphatic heterocycles. The molecule has 172 valence electrons. The van der Waals surface area contributed by atoms with Gasteiger partial charge in [0.25, 0.3) is 5.91 Å². The largest absolute Gasteiger partial charge is 0.337 e. The molecule has 7 heteroatoms. The standard InChI is InChI=1S/C27H24ClN3OS2/c1-30-22-16-18(28)14-15-23(22)33-26(30)24-25(32)31(19-10-3-2-4-11-19)27(34-24)29-21-13-7-9-17-8-5-6-12-20(17)21/h5-9,12-16,19H,2-4,10-11H2,1H3. The molecule has 0 spiro atoms. The molecule has 3 aromatic carbocycles. The smallest absolute Gasteiger partial charge is 0.269 e. The lowest BCUT2D eigenvalue weighted by molar-refractivity contribution is -0.124. The van der Waals surface area contributed by atoms with E-state index in [1.165, 1.54) is 18.2 Å². The predicted octanol–water partition coefficient (Wildman–Crippen LogP) is 7.80. The molecule has 4 nitrogen and oxygen atoms in total. The van der Waals surface area contributed by atoms with Gasteiger partial charge in [-0.05, 0) is 54.3 Å². The normalized spacial score (nSPS) is 22.3. The third kappa shape index (κ3) is 3.82. The minimum absolute atomic E-state index is 0.0733. The number of carbonyl (C=O) groups excluding carboxylic acids is 1. The first-order valence-electron chi connectivity index (χ1n) is 11.6. The molecule has 1 amide bonds. The zero-order valence-corrected chi connectivity index (χ0v) is 21.2. The lowest BCUT2D eigenvalue weighted by Crippen LogP contribution is -2.40. The maximum absolute atomic E-state index is 13.9. The van der Waals surface area contributed by atoms with Crippen molar-refractivity contribution in [2.45, 2.75) is 43.0 Å². The highest BCUT2D eigenvalue weighted by Gasteiger charge is 2.42. The van der Waals surface area contributed by atoms with Crippen LogP contribution in [0.15, 0.2) is 80.5 Å². The van der Waals surface area contributed by atoms with Gasteiger partial charge in [-0.25, -0.2) is 4.99 Å². The zero-order chi connectivity index (χ0) is 23.2. The number of fused-ring (bicyclic) bond motifs is 2. The second-order valence-corrected chi connectivity index (χ2v) is 11.3. The Kier molecular flexibility index (Phi) is 5.84. The number of amidine groups is 1. The van der Waals surface area contributed by atoms with E-state index in [4.69, 9.17) is 16.6 Å². The molecule has 0 unspecified atom stereocenters. The van der Waals surface area contributed by atoms with Crippen molar-refractivity contribution in [3.05, 3.63) is 75.6 Å². The number of benzene rings is 3. The third-order valence-electron chi connectivity index (χ3n) is 6.72. The molecule has 3 aromatic rings. The molecule has 0 N–H and O–H groups in total. The number of hydrogen-bond acceptors (Lipinski definition) is 5. The summed E-state index contributed by atoms with van der Waals surface area (Å²) < 4.78 is 0. The molecular weight excluding hydrogens is 482 g/mol. The van der Waals surface area contributed by atoms with Crippen LogP contribution in [0.5, 0.6) is 0 Å². The van der Waals surface area contributed by atoms with Crippen molar-refractivity contribution in [3.63, 3.8) is 0 Å². The number of rotatable bonds is 2. The summed E-state index contributed by atoms with van der Waals surface area (Å²) in [6.45, 7) is 0. The molecule has 0 aromatic heterocycles. The summed E-state index contributed by atoms with van der Waals surface area (Å²) in [5, 5.41) is 4.70. The zero-order valence-electron chi connectivity index (χ0n) is 18.8. The summed E-state index contributed by atoms with van der Waals surface area (Å²) in [4.78, 5) is 25.0. The lowest BCUT2D eigenvalue weighted by Gasteiger charge is -2.30. The van der Waals surface area contributed by atoms with E-state index in [9.17, 15) is 4.79 Å². The minimum Gasteiger partial charge on any atom is -0.337 e. The van der Waals surface area contributed by atoms with Gasteiger partial charge in [-0.15, -0.1) is 0 Å². The van der Waals surface area contributed by atoms with Gasteiger partial charge >= 0.3 is 0 Å². The van der Waals surface area contributed by atoms with Crippen molar-refractivity contribution >= 4 is 68.3 Å². The van der Waals surface area contributed by atoms with Crippen molar-refractivity contribution in [1.29, 1.82) is 0 Å². The van der Waals surface area contributed by atoms with Crippen molar-refractivity contribution in [1.82, 2.24) is 4.90 Å². The number of hydrogen-bond donors (Lipinski definition) is 0. The Morgan fingerprint density at radius 1 is 0.971 bits per heavy atom. The van der Waals surface area contributed by atoms with Crippen LogP contribution in [0.1, 0.15) is 32.1 Å². The Morgan fingerprint density at radius 3 is 2.62 bits per heavy atom. The molecule has 1 saturated carbocycles. The number of carbonyl (C=O) groups is 1. The van der Waals surface area contributed by atoms with Crippen LogP contribution in [0.2, 0.25) is 5.02 Å². The molecule has 1 aliphatic carbocycles. The number of nitrogens with zero attached hydrogens (tertiary/aromatic N) is 3. The summed E-state index contributed by atoms with van der Waals surface area (Å²) in [6.07, 6.45) is 5.62. The summed E-state index contributed by atoms with van der Waals surface area (Å²) in [6, 6.07) is 20.6. The van der Waals surface area contributed by atoms with Crippen LogP contribution in [-0.2, 0) is 4.79 Å². The van der Waals surface area contributed by atoms with Gasteiger partial charge in [0.05, 0.1) is 16.4 Å². The summed E-state index contributed by atoms with van der Waals surface area (Å²) in [5.74, 6) is 0.0733. The number of thioether (sulfide) groups is 2. The molecular formula is C27H24ClN3OS2. The predicted molar refractivity (Wildman–Crippen MR) is 145 cm³/mol. The Morgan fingerprint density at radius 2 is 1.76 bits per heavy atom. The second kappa shape index (κ2) is 8.99. The number of aliphatic imine (C=N–C) groups is 1. The molecule has 2 fully saturated rings. The van der Waals surface area contributed by atoms with Gasteiger partial charge < -0.3 is 4.90 Å². The maximum atomic E-state index is 13.9. The van der Waals surface area contributed by atoms with Gasteiger partial charge in [-0.3, -0.25) is 9.69 Å². The van der Waals surface area contributed by atoms with E-state index in [-0.39, 0.29) is 11.9 Å². The van der Waals surface area contributed by atoms with E-state index in [1.807, 2.05) is 54.4 Å².